The summed E-state index contributed by atoms with van der Waals surface area (Å²) in [5.41, 5.74) is 0.844. The molecule has 4 nitrogen and oxygen atoms in total. The first-order chi connectivity index (χ1) is 8.54. The number of methoxy groups -OCH3 is 1. The van der Waals surface area contributed by atoms with Gasteiger partial charge in [-0.2, -0.15) is 0 Å². The summed E-state index contributed by atoms with van der Waals surface area (Å²) >= 11 is 6.13. The van der Waals surface area contributed by atoms with Crippen LogP contribution in [0.25, 0.3) is 0 Å². The van der Waals surface area contributed by atoms with Crippen molar-refractivity contribution in [2.24, 2.45) is 0 Å². The van der Waals surface area contributed by atoms with E-state index in [4.69, 9.17) is 16.3 Å². The Hall–Kier alpha value is -1.26. The van der Waals surface area contributed by atoms with Gasteiger partial charge in [0, 0.05) is 23.2 Å². The molecule has 18 heavy (non-hydrogen) atoms. The molecule has 0 bridgehead atoms. The zero-order chi connectivity index (χ0) is 13.5. The molecule has 1 aromatic rings. The second kappa shape index (κ2) is 7.24. The molecule has 0 radical (unpaired) electrons. The summed E-state index contributed by atoms with van der Waals surface area (Å²) < 4.78 is 9.93. The number of benzene rings is 1. The number of hydrogen-bond donors (Lipinski definition) is 1. The standard InChI is InChI=1S/C13H18ClNO3/c1-9(2)15-7-10-11(14)5-4-6-12(10)18-8-13(16)17-3/h4-6,9,15H,7-8H2,1-3H3. The topological polar surface area (TPSA) is 47.6 Å². The average Bonchev–Trinajstić information content (AvgIpc) is 2.34. The molecular weight excluding hydrogens is 254 g/mol. The first kappa shape index (κ1) is 14.8. The van der Waals surface area contributed by atoms with Crippen molar-refractivity contribution in [2.75, 3.05) is 13.7 Å². The first-order valence-corrected chi connectivity index (χ1v) is 6.12. The molecule has 100 valence electrons. The normalized spacial score (nSPS) is 10.5. The highest BCUT2D eigenvalue weighted by Gasteiger charge is 2.10. The van der Waals surface area contributed by atoms with Crippen LogP contribution in [0.2, 0.25) is 5.02 Å². The number of carbonyl (C=O) groups is 1. The molecule has 0 aliphatic carbocycles. The van der Waals surface area contributed by atoms with Gasteiger partial charge in [0.1, 0.15) is 5.75 Å². The summed E-state index contributed by atoms with van der Waals surface area (Å²) in [7, 11) is 1.32. The highest BCUT2D eigenvalue weighted by Crippen LogP contribution is 2.26. The summed E-state index contributed by atoms with van der Waals surface area (Å²) in [5, 5.41) is 3.88. The maximum atomic E-state index is 11.1. The second-order valence-corrected chi connectivity index (χ2v) is 4.52. The number of nitrogens with one attached hydrogen (secondary N) is 1. The third-order valence-corrected chi connectivity index (χ3v) is 2.69. The molecule has 0 aliphatic heterocycles. The van der Waals surface area contributed by atoms with Crippen LogP contribution in [0.5, 0.6) is 5.75 Å². The van der Waals surface area contributed by atoms with E-state index in [1.165, 1.54) is 7.11 Å². The lowest BCUT2D eigenvalue weighted by Crippen LogP contribution is -2.23. The fourth-order valence-electron chi connectivity index (χ4n) is 1.35. The summed E-state index contributed by atoms with van der Waals surface area (Å²) in [5.74, 6) is 0.179. The average molecular weight is 272 g/mol. The van der Waals surface area contributed by atoms with Crippen LogP contribution < -0.4 is 10.1 Å². The van der Waals surface area contributed by atoms with Crippen LogP contribution in [0.3, 0.4) is 0 Å². The zero-order valence-electron chi connectivity index (χ0n) is 10.8. The predicted octanol–water partition coefficient (Wildman–Crippen LogP) is 2.39. The van der Waals surface area contributed by atoms with Crippen LogP contribution in [0.1, 0.15) is 19.4 Å². The summed E-state index contributed by atoms with van der Waals surface area (Å²) in [4.78, 5) is 11.1. The number of halogens is 1. The van der Waals surface area contributed by atoms with E-state index in [9.17, 15) is 4.79 Å². The molecule has 0 aliphatic rings. The number of carbonyl (C=O) groups excluding carboxylic acids is 1. The van der Waals surface area contributed by atoms with E-state index in [0.717, 1.165) is 5.56 Å². The smallest absolute Gasteiger partial charge is 0.343 e. The van der Waals surface area contributed by atoms with Gasteiger partial charge in [-0.05, 0) is 12.1 Å². The van der Waals surface area contributed by atoms with Crippen molar-refractivity contribution >= 4 is 17.6 Å². The van der Waals surface area contributed by atoms with Crippen LogP contribution in [0, 0.1) is 0 Å². The summed E-state index contributed by atoms with van der Waals surface area (Å²) in [6.45, 7) is 4.57. The van der Waals surface area contributed by atoms with Crippen molar-refractivity contribution in [3.8, 4) is 5.75 Å². The quantitative estimate of drug-likeness (QED) is 0.807. The Balaban J connectivity index is 2.76. The van der Waals surface area contributed by atoms with Gasteiger partial charge >= 0.3 is 5.97 Å². The highest BCUT2D eigenvalue weighted by atomic mass is 35.5. The van der Waals surface area contributed by atoms with Gasteiger partial charge in [-0.3, -0.25) is 0 Å². The summed E-state index contributed by atoms with van der Waals surface area (Å²) in [6, 6.07) is 5.71. The third kappa shape index (κ3) is 4.55. The van der Waals surface area contributed by atoms with E-state index in [0.29, 0.717) is 23.4 Å². The molecular formula is C13H18ClNO3. The van der Waals surface area contributed by atoms with Crippen LogP contribution in [-0.4, -0.2) is 25.7 Å². The fraction of sp³-hybridized carbons (Fsp3) is 0.462. The largest absolute Gasteiger partial charge is 0.482 e. The van der Waals surface area contributed by atoms with E-state index in [-0.39, 0.29) is 6.61 Å². The SMILES string of the molecule is COC(=O)COc1cccc(Cl)c1CNC(C)C. The molecule has 0 saturated heterocycles. The maximum absolute atomic E-state index is 11.1. The van der Waals surface area contributed by atoms with Gasteiger partial charge in [0.25, 0.3) is 0 Å². The van der Waals surface area contributed by atoms with E-state index < -0.39 is 5.97 Å². The van der Waals surface area contributed by atoms with Crippen LogP contribution in [0.15, 0.2) is 18.2 Å². The van der Waals surface area contributed by atoms with Gasteiger partial charge in [0.05, 0.1) is 7.11 Å². The van der Waals surface area contributed by atoms with Gasteiger partial charge in [-0.1, -0.05) is 31.5 Å². The molecule has 0 unspecified atom stereocenters. The van der Waals surface area contributed by atoms with Crippen LogP contribution in [0.4, 0.5) is 0 Å². The first-order valence-electron chi connectivity index (χ1n) is 5.75. The Morgan fingerprint density at radius 2 is 2.17 bits per heavy atom. The number of hydrogen-bond acceptors (Lipinski definition) is 4. The molecule has 0 fully saturated rings. The highest BCUT2D eigenvalue weighted by molar-refractivity contribution is 6.31. The predicted molar refractivity (Wildman–Crippen MR) is 70.9 cm³/mol. The van der Waals surface area contributed by atoms with Crippen molar-refractivity contribution < 1.29 is 14.3 Å². The minimum absolute atomic E-state index is 0.120. The molecule has 1 N–H and O–H groups in total. The Morgan fingerprint density at radius 1 is 1.44 bits per heavy atom. The van der Waals surface area contributed by atoms with E-state index in [1.54, 1.807) is 18.2 Å². The van der Waals surface area contributed by atoms with Crippen molar-refractivity contribution in [1.29, 1.82) is 0 Å². The molecule has 0 atom stereocenters. The molecule has 0 aromatic heterocycles. The van der Waals surface area contributed by atoms with Crippen molar-refractivity contribution in [3.05, 3.63) is 28.8 Å². The monoisotopic (exact) mass is 271 g/mol. The Kier molecular flexibility index (Phi) is 5.95. The Morgan fingerprint density at radius 3 is 2.78 bits per heavy atom. The Labute approximate surface area is 112 Å². The molecule has 0 spiro atoms. The van der Waals surface area contributed by atoms with Crippen LogP contribution >= 0.6 is 11.6 Å². The van der Waals surface area contributed by atoms with Gasteiger partial charge in [-0.25, -0.2) is 4.79 Å². The molecule has 5 heteroatoms. The molecule has 1 aromatic carbocycles. The van der Waals surface area contributed by atoms with E-state index in [2.05, 4.69) is 10.1 Å². The lowest BCUT2D eigenvalue weighted by Gasteiger charge is -2.14. The number of rotatable bonds is 6. The molecule has 0 amide bonds. The molecule has 0 saturated carbocycles. The van der Waals surface area contributed by atoms with E-state index in [1.807, 2.05) is 13.8 Å². The third-order valence-electron chi connectivity index (χ3n) is 2.34. The van der Waals surface area contributed by atoms with Gasteiger partial charge in [0.15, 0.2) is 6.61 Å². The maximum Gasteiger partial charge on any atom is 0.343 e. The minimum Gasteiger partial charge on any atom is -0.482 e. The zero-order valence-corrected chi connectivity index (χ0v) is 11.6. The minimum atomic E-state index is -0.419. The fourth-order valence-corrected chi connectivity index (χ4v) is 1.58. The van der Waals surface area contributed by atoms with Gasteiger partial charge < -0.3 is 14.8 Å². The number of esters is 1. The molecule has 0 heterocycles. The van der Waals surface area contributed by atoms with Crippen molar-refractivity contribution in [1.82, 2.24) is 5.32 Å². The van der Waals surface area contributed by atoms with Crippen molar-refractivity contribution in [2.45, 2.75) is 26.4 Å². The van der Waals surface area contributed by atoms with E-state index >= 15 is 0 Å². The number of ether oxygens (including phenoxy) is 2. The van der Waals surface area contributed by atoms with Gasteiger partial charge in [0.2, 0.25) is 0 Å². The lowest BCUT2D eigenvalue weighted by molar-refractivity contribution is -0.142. The molecule has 1 rings (SSSR count). The second-order valence-electron chi connectivity index (χ2n) is 4.12. The summed E-state index contributed by atoms with van der Waals surface area (Å²) in [6.07, 6.45) is 0. The lowest BCUT2D eigenvalue weighted by atomic mass is 10.2. The van der Waals surface area contributed by atoms with Crippen molar-refractivity contribution in [3.63, 3.8) is 0 Å². The Bertz CT molecular complexity index is 407. The van der Waals surface area contributed by atoms with Crippen LogP contribution in [-0.2, 0) is 16.1 Å². The van der Waals surface area contributed by atoms with Gasteiger partial charge in [-0.15, -0.1) is 0 Å².